The summed E-state index contributed by atoms with van der Waals surface area (Å²) in [5.74, 6) is 0. The van der Waals surface area contributed by atoms with Crippen molar-refractivity contribution in [2.45, 2.75) is 37.5 Å². The van der Waals surface area contributed by atoms with Crippen LogP contribution in [0.15, 0.2) is 261 Å². The standard InChI is InChI=1S/C71H49N.CH4.H2/c1-69(2)58-29-10-6-24-53(58)56-43-42-51(45-67(56)69)72(49-40-38-47(39-41-49)46-20-4-3-5-21-46)50-23-18-22-48(44-50)52-28-19-37-66-68(52)57-27-9-13-32-61(57)71(66)64-35-16-14-33-62(64)70(63-34-15-17-36-65(63)71)59-30-11-7-25-54(59)55-26-8-12-31-60(55)70;;/h3-45H,1-2H3;1H4;1H. The Morgan fingerprint density at radius 1 is 0.260 bits per heavy atom. The Kier molecular flexibility index (Phi) is 9.35. The van der Waals surface area contributed by atoms with E-state index in [0.717, 1.165) is 17.1 Å². The molecule has 1 nitrogen and oxygen atoms in total. The summed E-state index contributed by atoms with van der Waals surface area (Å²) in [6.45, 7) is 4.74. The van der Waals surface area contributed by atoms with Crippen molar-refractivity contribution >= 4 is 17.1 Å². The molecule has 0 atom stereocenters. The second-order valence-corrected chi connectivity index (χ2v) is 20.7. The second kappa shape index (κ2) is 15.9. The molecular weight excluding hydrogens is 879 g/mol. The van der Waals surface area contributed by atoms with Crippen molar-refractivity contribution in [1.82, 2.24) is 0 Å². The molecule has 4 aliphatic carbocycles. The number of anilines is 3. The first-order chi connectivity index (χ1) is 35.5. The van der Waals surface area contributed by atoms with E-state index in [1.165, 1.54) is 111 Å². The SMILES string of the molecule is C.CC1(C)c2ccccc2-c2ccc(N(c3ccc(-c4ccccc4)cc3)c3cccc(-c4cccc5c4-c4ccccc4C54c5ccccc5C5(c6ccccc6-c6ccccc65)c5ccccc54)c3)cc21.[HH]. The molecule has 11 aromatic rings. The summed E-state index contributed by atoms with van der Waals surface area (Å²) in [6.07, 6.45) is 0. The summed E-state index contributed by atoms with van der Waals surface area (Å²) in [5, 5.41) is 0. The predicted octanol–water partition coefficient (Wildman–Crippen LogP) is 18.7. The van der Waals surface area contributed by atoms with Crippen molar-refractivity contribution in [2.75, 3.05) is 4.90 Å². The van der Waals surface area contributed by atoms with E-state index in [4.69, 9.17) is 0 Å². The van der Waals surface area contributed by atoms with Crippen LogP contribution < -0.4 is 4.90 Å². The molecule has 15 rings (SSSR count). The first-order valence-electron chi connectivity index (χ1n) is 25.4. The molecule has 11 aromatic carbocycles. The normalized spacial score (nSPS) is 14.7. The van der Waals surface area contributed by atoms with Crippen LogP contribution in [0.1, 0.15) is 78.3 Å². The van der Waals surface area contributed by atoms with Crippen LogP contribution in [0.4, 0.5) is 17.1 Å². The molecule has 348 valence electrons. The molecule has 0 fully saturated rings. The molecule has 0 unspecified atom stereocenters. The van der Waals surface area contributed by atoms with Crippen LogP contribution in [0.3, 0.4) is 0 Å². The van der Waals surface area contributed by atoms with Gasteiger partial charge < -0.3 is 4.90 Å². The fourth-order valence-corrected chi connectivity index (χ4v) is 14.1. The van der Waals surface area contributed by atoms with E-state index in [2.05, 4.69) is 280 Å². The number of rotatable bonds is 5. The molecule has 0 aliphatic heterocycles. The molecule has 0 N–H and O–H groups in total. The largest absolute Gasteiger partial charge is 0.310 e. The molecule has 0 amide bonds. The lowest BCUT2D eigenvalue weighted by molar-refractivity contribution is 0.633. The molecule has 1 heteroatoms. The van der Waals surface area contributed by atoms with Crippen LogP contribution in [-0.2, 0) is 16.2 Å². The highest BCUT2D eigenvalue weighted by molar-refractivity contribution is 5.99. The summed E-state index contributed by atoms with van der Waals surface area (Å²) in [7, 11) is 0. The molecule has 0 heterocycles. The summed E-state index contributed by atoms with van der Waals surface area (Å²) < 4.78 is 0. The van der Waals surface area contributed by atoms with Crippen LogP contribution in [-0.4, -0.2) is 0 Å². The Balaban J connectivity index is 0.00000264. The maximum Gasteiger partial charge on any atom is 0.0720 e. The van der Waals surface area contributed by atoms with Crippen LogP contribution in [0.2, 0.25) is 0 Å². The van der Waals surface area contributed by atoms with Crippen molar-refractivity contribution in [3.05, 3.63) is 316 Å². The van der Waals surface area contributed by atoms with Crippen LogP contribution in [0.25, 0.3) is 55.6 Å². The van der Waals surface area contributed by atoms with Gasteiger partial charge in [-0.25, -0.2) is 0 Å². The lowest BCUT2D eigenvalue weighted by atomic mass is 9.52. The van der Waals surface area contributed by atoms with E-state index < -0.39 is 10.8 Å². The Bertz CT molecular complexity index is 3930. The van der Waals surface area contributed by atoms with E-state index in [0.29, 0.717) is 0 Å². The average Bonchev–Trinajstić information content (AvgIpc) is 4.06. The highest BCUT2D eigenvalue weighted by atomic mass is 15.1. The van der Waals surface area contributed by atoms with Crippen LogP contribution in [0.5, 0.6) is 0 Å². The Hall–Kier alpha value is -8.78. The average molecular weight is 934 g/mol. The molecule has 0 radical (unpaired) electrons. The monoisotopic (exact) mass is 933 g/mol. The van der Waals surface area contributed by atoms with Crippen molar-refractivity contribution in [2.24, 2.45) is 0 Å². The first-order valence-corrected chi connectivity index (χ1v) is 25.4. The zero-order valence-corrected chi connectivity index (χ0v) is 40.3. The van der Waals surface area contributed by atoms with Gasteiger partial charge in [-0.05, 0) is 148 Å². The molecule has 0 bridgehead atoms. The van der Waals surface area contributed by atoms with Gasteiger partial charge in [-0.15, -0.1) is 0 Å². The van der Waals surface area contributed by atoms with Gasteiger partial charge in [-0.1, -0.05) is 246 Å². The van der Waals surface area contributed by atoms with E-state index in [1.54, 1.807) is 0 Å². The van der Waals surface area contributed by atoms with Gasteiger partial charge in [0.15, 0.2) is 0 Å². The van der Waals surface area contributed by atoms with Gasteiger partial charge in [-0.2, -0.15) is 0 Å². The zero-order valence-electron chi connectivity index (χ0n) is 40.3. The van der Waals surface area contributed by atoms with E-state index in [1.807, 2.05) is 0 Å². The van der Waals surface area contributed by atoms with Crippen molar-refractivity contribution in [1.29, 1.82) is 0 Å². The van der Waals surface area contributed by atoms with Gasteiger partial charge in [0.2, 0.25) is 0 Å². The van der Waals surface area contributed by atoms with Gasteiger partial charge in [0.1, 0.15) is 0 Å². The van der Waals surface area contributed by atoms with Gasteiger partial charge >= 0.3 is 0 Å². The van der Waals surface area contributed by atoms with Gasteiger partial charge in [0.25, 0.3) is 0 Å². The lowest BCUT2D eigenvalue weighted by Crippen LogP contribution is -2.43. The van der Waals surface area contributed by atoms with Crippen molar-refractivity contribution in [3.63, 3.8) is 0 Å². The molecule has 2 spiro atoms. The van der Waals surface area contributed by atoms with Gasteiger partial charge in [0, 0.05) is 23.9 Å². The van der Waals surface area contributed by atoms with Crippen molar-refractivity contribution < 1.29 is 1.43 Å². The summed E-state index contributed by atoms with van der Waals surface area (Å²) in [4.78, 5) is 2.46. The zero-order chi connectivity index (χ0) is 47.8. The number of nitrogens with zero attached hydrogens (tertiary/aromatic N) is 1. The highest BCUT2D eigenvalue weighted by Crippen LogP contribution is 2.68. The van der Waals surface area contributed by atoms with Gasteiger partial charge in [-0.3, -0.25) is 0 Å². The molecule has 73 heavy (non-hydrogen) atoms. The molecule has 0 aromatic heterocycles. The van der Waals surface area contributed by atoms with Crippen LogP contribution >= 0.6 is 0 Å². The Morgan fingerprint density at radius 2 is 0.644 bits per heavy atom. The van der Waals surface area contributed by atoms with Crippen LogP contribution in [0, 0.1) is 0 Å². The third kappa shape index (κ3) is 5.68. The van der Waals surface area contributed by atoms with Crippen molar-refractivity contribution in [3.8, 4) is 55.6 Å². The fourth-order valence-electron chi connectivity index (χ4n) is 14.1. The summed E-state index contributed by atoms with van der Waals surface area (Å²) in [6, 6.07) is 98.5. The van der Waals surface area contributed by atoms with E-state index in [-0.39, 0.29) is 14.3 Å². The van der Waals surface area contributed by atoms with E-state index in [9.17, 15) is 0 Å². The highest BCUT2D eigenvalue weighted by Gasteiger charge is 2.59. The third-order valence-electron chi connectivity index (χ3n) is 17.0. The minimum absolute atomic E-state index is 0. The van der Waals surface area contributed by atoms with E-state index >= 15 is 0 Å². The summed E-state index contributed by atoms with van der Waals surface area (Å²) >= 11 is 0. The summed E-state index contributed by atoms with van der Waals surface area (Å²) in [5.41, 5.74) is 28.4. The van der Waals surface area contributed by atoms with Gasteiger partial charge in [0.05, 0.1) is 10.8 Å². The Morgan fingerprint density at radius 3 is 1.25 bits per heavy atom. The predicted molar refractivity (Wildman–Crippen MR) is 307 cm³/mol. The minimum atomic E-state index is -0.564. The number of hydrogen-bond acceptors (Lipinski definition) is 1. The number of benzene rings is 11. The smallest absolute Gasteiger partial charge is 0.0720 e. The minimum Gasteiger partial charge on any atom is -0.310 e. The number of fused-ring (bicyclic) bond motifs is 19. The second-order valence-electron chi connectivity index (χ2n) is 20.7. The quantitative estimate of drug-likeness (QED) is 0.166. The fraction of sp³-hybridized carbons (Fsp3) is 0.0833. The first kappa shape index (κ1) is 43.0. The Labute approximate surface area is 430 Å². The lowest BCUT2D eigenvalue weighted by Gasteiger charge is -2.48. The molecule has 4 aliphatic rings. The maximum atomic E-state index is 2.46. The molecule has 0 saturated heterocycles. The third-order valence-corrected chi connectivity index (χ3v) is 17.0. The molecular formula is C72H55N. The number of hydrogen-bond donors (Lipinski definition) is 0. The maximum absolute atomic E-state index is 2.46. The molecule has 0 saturated carbocycles. The topological polar surface area (TPSA) is 3.24 Å².